The van der Waals surface area contributed by atoms with E-state index in [0.29, 0.717) is 16.8 Å². The summed E-state index contributed by atoms with van der Waals surface area (Å²) in [6, 6.07) is 14.0. The summed E-state index contributed by atoms with van der Waals surface area (Å²) in [5.41, 5.74) is 2.59. The molecule has 7 nitrogen and oxygen atoms in total. The van der Waals surface area contributed by atoms with E-state index in [0.717, 1.165) is 31.6 Å². The van der Waals surface area contributed by atoms with Crippen LogP contribution in [0.4, 0.5) is 11.4 Å². The first-order valence-corrected chi connectivity index (χ1v) is 10.3. The Kier molecular flexibility index (Phi) is 7.06. The summed E-state index contributed by atoms with van der Waals surface area (Å²) in [5, 5.41) is 8.68. The van der Waals surface area contributed by atoms with Crippen molar-refractivity contribution < 1.29 is 14.4 Å². The van der Waals surface area contributed by atoms with Crippen molar-refractivity contribution >= 4 is 29.1 Å². The van der Waals surface area contributed by atoms with Gasteiger partial charge in [0.25, 0.3) is 11.8 Å². The van der Waals surface area contributed by atoms with Crippen LogP contribution in [-0.2, 0) is 4.79 Å². The molecular formula is C23H28N4O3. The molecule has 1 aliphatic rings. The van der Waals surface area contributed by atoms with Crippen LogP contribution < -0.4 is 16.0 Å². The summed E-state index contributed by atoms with van der Waals surface area (Å²) in [6.07, 6.45) is 2.11. The topological polar surface area (TPSA) is 90.5 Å². The van der Waals surface area contributed by atoms with E-state index in [1.54, 1.807) is 48.5 Å². The van der Waals surface area contributed by atoms with E-state index in [2.05, 4.69) is 16.0 Å². The number of anilines is 2. The van der Waals surface area contributed by atoms with E-state index in [1.807, 2.05) is 18.7 Å². The standard InChI is InChI=1S/C23H28N4O3/c1-16(2)25-22(29)17-5-9-19(10-6-17)24-15-21(28)26-20-11-7-18(8-12-20)23(30)27-13-3-4-14-27/h5-12,16,24H,3-4,13-15H2,1-2H3,(H,25,29)(H,26,28). The van der Waals surface area contributed by atoms with Gasteiger partial charge in [-0.1, -0.05) is 0 Å². The molecule has 0 aliphatic carbocycles. The van der Waals surface area contributed by atoms with Gasteiger partial charge in [0.05, 0.1) is 6.54 Å². The quantitative estimate of drug-likeness (QED) is 0.657. The van der Waals surface area contributed by atoms with Gasteiger partial charge in [-0.3, -0.25) is 14.4 Å². The average molecular weight is 409 g/mol. The Bertz CT molecular complexity index is 886. The molecule has 0 atom stereocenters. The molecule has 2 aromatic carbocycles. The molecule has 1 heterocycles. The van der Waals surface area contributed by atoms with Crippen LogP contribution in [0.5, 0.6) is 0 Å². The van der Waals surface area contributed by atoms with E-state index >= 15 is 0 Å². The van der Waals surface area contributed by atoms with Gasteiger partial charge in [0.2, 0.25) is 5.91 Å². The third kappa shape index (κ3) is 5.83. The number of nitrogens with zero attached hydrogens (tertiary/aromatic N) is 1. The summed E-state index contributed by atoms with van der Waals surface area (Å²) in [7, 11) is 0. The molecule has 158 valence electrons. The van der Waals surface area contributed by atoms with Crippen LogP contribution in [0, 0.1) is 0 Å². The number of carbonyl (C=O) groups is 3. The van der Waals surface area contributed by atoms with E-state index in [4.69, 9.17) is 0 Å². The molecule has 1 saturated heterocycles. The maximum atomic E-state index is 12.4. The van der Waals surface area contributed by atoms with Gasteiger partial charge in [-0.2, -0.15) is 0 Å². The summed E-state index contributed by atoms with van der Waals surface area (Å²) >= 11 is 0. The zero-order chi connectivity index (χ0) is 21.5. The van der Waals surface area contributed by atoms with Crippen molar-refractivity contribution in [3.8, 4) is 0 Å². The fourth-order valence-corrected chi connectivity index (χ4v) is 3.27. The molecular weight excluding hydrogens is 380 g/mol. The third-order valence-corrected chi connectivity index (χ3v) is 4.83. The van der Waals surface area contributed by atoms with Crippen molar-refractivity contribution in [1.82, 2.24) is 10.2 Å². The Labute approximate surface area is 176 Å². The van der Waals surface area contributed by atoms with E-state index < -0.39 is 0 Å². The van der Waals surface area contributed by atoms with Crippen molar-refractivity contribution in [3.05, 3.63) is 59.7 Å². The first-order chi connectivity index (χ1) is 14.4. The second-order valence-corrected chi connectivity index (χ2v) is 7.68. The van der Waals surface area contributed by atoms with Crippen molar-refractivity contribution in [2.75, 3.05) is 30.3 Å². The predicted molar refractivity (Wildman–Crippen MR) is 118 cm³/mol. The maximum Gasteiger partial charge on any atom is 0.253 e. The Hall–Kier alpha value is -3.35. The highest BCUT2D eigenvalue weighted by molar-refractivity contribution is 5.97. The Morgan fingerprint density at radius 3 is 2.03 bits per heavy atom. The second-order valence-electron chi connectivity index (χ2n) is 7.68. The zero-order valence-corrected chi connectivity index (χ0v) is 17.4. The Balaban J connectivity index is 1.47. The fourth-order valence-electron chi connectivity index (χ4n) is 3.27. The highest BCUT2D eigenvalue weighted by Crippen LogP contribution is 2.15. The lowest BCUT2D eigenvalue weighted by molar-refractivity contribution is -0.114. The van der Waals surface area contributed by atoms with Crippen LogP contribution in [0.1, 0.15) is 47.4 Å². The van der Waals surface area contributed by atoms with Crippen molar-refractivity contribution in [2.45, 2.75) is 32.7 Å². The second kappa shape index (κ2) is 9.91. The lowest BCUT2D eigenvalue weighted by Gasteiger charge is -2.15. The summed E-state index contributed by atoms with van der Waals surface area (Å²) < 4.78 is 0. The highest BCUT2D eigenvalue weighted by atomic mass is 16.2. The summed E-state index contributed by atoms with van der Waals surface area (Å²) in [4.78, 5) is 38.4. The number of amides is 3. The highest BCUT2D eigenvalue weighted by Gasteiger charge is 2.19. The van der Waals surface area contributed by atoms with Crippen molar-refractivity contribution in [2.24, 2.45) is 0 Å². The van der Waals surface area contributed by atoms with E-state index in [1.165, 1.54) is 0 Å². The minimum absolute atomic E-state index is 0.0394. The van der Waals surface area contributed by atoms with E-state index in [9.17, 15) is 14.4 Å². The lowest BCUT2D eigenvalue weighted by Crippen LogP contribution is -2.30. The average Bonchev–Trinajstić information content (AvgIpc) is 3.27. The van der Waals surface area contributed by atoms with Gasteiger partial charge in [-0.15, -0.1) is 0 Å². The Morgan fingerprint density at radius 2 is 1.43 bits per heavy atom. The number of carbonyl (C=O) groups excluding carboxylic acids is 3. The fraction of sp³-hybridized carbons (Fsp3) is 0.348. The monoisotopic (exact) mass is 408 g/mol. The molecule has 1 fully saturated rings. The largest absolute Gasteiger partial charge is 0.376 e. The SMILES string of the molecule is CC(C)NC(=O)c1ccc(NCC(=O)Nc2ccc(C(=O)N3CCCC3)cc2)cc1. The van der Waals surface area contributed by atoms with Gasteiger partial charge in [-0.05, 0) is 75.2 Å². The van der Waals surface area contributed by atoms with Crippen LogP contribution in [0.3, 0.4) is 0 Å². The number of likely N-dealkylation sites (tertiary alicyclic amines) is 1. The minimum atomic E-state index is -0.199. The third-order valence-electron chi connectivity index (χ3n) is 4.83. The summed E-state index contributed by atoms with van der Waals surface area (Å²) in [5.74, 6) is -0.284. The molecule has 0 unspecified atom stereocenters. The number of nitrogens with one attached hydrogen (secondary N) is 3. The normalized spacial score (nSPS) is 13.2. The minimum Gasteiger partial charge on any atom is -0.376 e. The van der Waals surface area contributed by atoms with Gasteiger partial charge in [0, 0.05) is 41.6 Å². The number of hydrogen-bond donors (Lipinski definition) is 3. The molecule has 1 aliphatic heterocycles. The van der Waals surface area contributed by atoms with Gasteiger partial charge in [0.15, 0.2) is 0 Å². The van der Waals surface area contributed by atoms with Gasteiger partial charge in [-0.25, -0.2) is 0 Å². The summed E-state index contributed by atoms with van der Waals surface area (Å²) in [6.45, 7) is 5.53. The van der Waals surface area contributed by atoms with Crippen LogP contribution in [-0.4, -0.2) is 48.3 Å². The molecule has 3 amide bonds. The van der Waals surface area contributed by atoms with Gasteiger partial charge >= 0.3 is 0 Å². The smallest absolute Gasteiger partial charge is 0.253 e. The van der Waals surface area contributed by atoms with Crippen LogP contribution in [0.25, 0.3) is 0 Å². The van der Waals surface area contributed by atoms with E-state index in [-0.39, 0.29) is 30.3 Å². The molecule has 0 saturated carbocycles. The maximum absolute atomic E-state index is 12.4. The number of hydrogen-bond acceptors (Lipinski definition) is 4. The van der Waals surface area contributed by atoms with Crippen LogP contribution in [0.15, 0.2) is 48.5 Å². The molecule has 2 aromatic rings. The molecule has 0 radical (unpaired) electrons. The molecule has 0 aromatic heterocycles. The first-order valence-electron chi connectivity index (χ1n) is 10.3. The van der Waals surface area contributed by atoms with Crippen LogP contribution in [0.2, 0.25) is 0 Å². The van der Waals surface area contributed by atoms with Gasteiger partial charge < -0.3 is 20.9 Å². The van der Waals surface area contributed by atoms with Crippen LogP contribution >= 0.6 is 0 Å². The molecule has 30 heavy (non-hydrogen) atoms. The zero-order valence-electron chi connectivity index (χ0n) is 17.4. The van der Waals surface area contributed by atoms with Crippen molar-refractivity contribution in [3.63, 3.8) is 0 Å². The molecule has 3 N–H and O–H groups in total. The molecule has 3 rings (SSSR count). The Morgan fingerprint density at radius 1 is 0.867 bits per heavy atom. The molecule has 0 spiro atoms. The number of benzene rings is 2. The lowest BCUT2D eigenvalue weighted by atomic mass is 10.2. The molecule has 7 heteroatoms. The number of rotatable bonds is 7. The molecule has 0 bridgehead atoms. The van der Waals surface area contributed by atoms with Crippen molar-refractivity contribution in [1.29, 1.82) is 0 Å². The predicted octanol–water partition coefficient (Wildman–Crippen LogP) is 3.11. The first kappa shape index (κ1) is 21.4. The van der Waals surface area contributed by atoms with Gasteiger partial charge in [0.1, 0.15) is 0 Å².